The van der Waals surface area contributed by atoms with Gasteiger partial charge in [0.15, 0.2) is 0 Å². The number of benzene rings is 2. The highest BCUT2D eigenvalue weighted by atomic mass is 127. The predicted molar refractivity (Wildman–Crippen MR) is 111 cm³/mol. The van der Waals surface area contributed by atoms with E-state index in [1.807, 2.05) is 48.5 Å². The monoisotopic (exact) mass is 514 g/mol. The molecule has 0 aliphatic rings. The van der Waals surface area contributed by atoms with Crippen LogP contribution in [-0.2, 0) is 4.79 Å². The van der Waals surface area contributed by atoms with Crippen molar-refractivity contribution in [2.45, 2.75) is 12.8 Å². The molecule has 0 aliphatic heterocycles. The van der Waals surface area contributed by atoms with Crippen LogP contribution in [0.15, 0.2) is 61.7 Å². The fourth-order valence-electron chi connectivity index (χ4n) is 2.22. The minimum absolute atomic E-state index is 0.148. The second kappa shape index (κ2) is 8.06. The van der Waals surface area contributed by atoms with Crippen molar-refractivity contribution in [3.8, 4) is 0 Å². The van der Waals surface area contributed by atoms with Crippen molar-refractivity contribution in [3.63, 3.8) is 0 Å². The molecule has 0 bridgehead atoms. The molecule has 2 aromatic carbocycles. The van der Waals surface area contributed by atoms with E-state index in [0.717, 1.165) is 29.4 Å². The summed E-state index contributed by atoms with van der Waals surface area (Å²) in [6.07, 6.45) is 0.727. The van der Waals surface area contributed by atoms with Crippen LogP contribution < -0.4 is 0 Å². The zero-order valence-electron chi connectivity index (χ0n) is 12.1. The van der Waals surface area contributed by atoms with E-state index in [0.29, 0.717) is 12.8 Å². The average molecular weight is 514 g/mol. The lowest BCUT2D eigenvalue weighted by Crippen LogP contribution is -2.02. The Hall–Kier alpha value is -0.950. The largest absolute Gasteiger partial charge is 0.299 e. The van der Waals surface area contributed by atoms with Gasteiger partial charge in [0.2, 0.25) is 0 Å². The van der Waals surface area contributed by atoms with E-state index in [4.69, 9.17) is 0 Å². The summed E-state index contributed by atoms with van der Waals surface area (Å²) in [5, 5.41) is 0. The van der Waals surface area contributed by atoms with Crippen molar-refractivity contribution >= 4 is 62.1 Å². The molecule has 0 N–H and O–H groups in total. The van der Waals surface area contributed by atoms with Crippen LogP contribution in [-0.4, -0.2) is 5.78 Å². The van der Waals surface area contributed by atoms with Crippen LogP contribution in [0.3, 0.4) is 0 Å². The summed E-state index contributed by atoms with van der Waals surface area (Å²) in [6.45, 7) is 8.13. The van der Waals surface area contributed by atoms with Crippen LogP contribution in [0, 0.1) is 7.14 Å². The van der Waals surface area contributed by atoms with Crippen LogP contribution in [0.4, 0.5) is 0 Å². The summed E-state index contributed by atoms with van der Waals surface area (Å²) >= 11 is 4.54. The van der Waals surface area contributed by atoms with E-state index < -0.39 is 0 Å². The third kappa shape index (κ3) is 4.52. The second-order valence-electron chi connectivity index (χ2n) is 5.06. The van der Waals surface area contributed by atoms with Crippen LogP contribution >= 0.6 is 45.2 Å². The molecule has 0 saturated carbocycles. The Balaban J connectivity index is 2.02. The molecule has 0 fully saturated rings. The van der Waals surface area contributed by atoms with Gasteiger partial charge >= 0.3 is 0 Å². The third-order valence-electron chi connectivity index (χ3n) is 3.33. The molecule has 0 unspecified atom stereocenters. The molecule has 0 heterocycles. The minimum atomic E-state index is 0.148. The van der Waals surface area contributed by atoms with Gasteiger partial charge in [0.1, 0.15) is 5.78 Å². The number of Topliss-reactive ketones (excluding diaryl/α,β-unsaturated/α-hetero) is 1. The van der Waals surface area contributed by atoms with E-state index in [1.165, 1.54) is 0 Å². The highest BCUT2D eigenvalue weighted by Gasteiger charge is 2.12. The number of carbonyl (C=O) groups excluding carboxylic acids is 1. The fraction of sp³-hybridized carbons (Fsp3) is 0.105. The highest BCUT2D eigenvalue weighted by molar-refractivity contribution is 14.1. The van der Waals surface area contributed by atoms with Crippen LogP contribution in [0.2, 0.25) is 0 Å². The van der Waals surface area contributed by atoms with Gasteiger partial charge in [-0.2, -0.15) is 0 Å². The van der Waals surface area contributed by atoms with Gasteiger partial charge in [-0.1, -0.05) is 49.6 Å². The van der Waals surface area contributed by atoms with Gasteiger partial charge in [-0.15, -0.1) is 0 Å². The number of carbonyl (C=O) groups is 1. The van der Waals surface area contributed by atoms with E-state index in [9.17, 15) is 4.79 Å². The molecule has 0 aliphatic carbocycles. The number of ketones is 1. The molecular formula is C19H16I2O. The number of hydrogen-bond acceptors (Lipinski definition) is 1. The molecule has 22 heavy (non-hydrogen) atoms. The zero-order chi connectivity index (χ0) is 16.1. The Kier molecular flexibility index (Phi) is 6.37. The second-order valence-corrected chi connectivity index (χ2v) is 7.38. The maximum atomic E-state index is 12.3. The maximum Gasteiger partial charge on any atom is 0.141 e. The smallest absolute Gasteiger partial charge is 0.141 e. The fourth-order valence-corrected chi connectivity index (χ4v) is 3.76. The van der Waals surface area contributed by atoms with E-state index >= 15 is 0 Å². The number of rotatable bonds is 6. The van der Waals surface area contributed by atoms with E-state index in [1.54, 1.807) is 0 Å². The topological polar surface area (TPSA) is 17.1 Å². The Labute approximate surface area is 158 Å². The zero-order valence-corrected chi connectivity index (χ0v) is 16.4. The van der Waals surface area contributed by atoms with Crippen molar-refractivity contribution in [1.29, 1.82) is 0 Å². The molecule has 0 amide bonds. The molecule has 1 nitrogen and oxygen atoms in total. The van der Waals surface area contributed by atoms with Crippen molar-refractivity contribution in [1.82, 2.24) is 0 Å². The number of halogens is 2. The van der Waals surface area contributed by atoms with Gasteiger partial charge in [0.05, 0.1) is 0 Å². The van der Waals surface area contributed by atoms with Gasteiger partial charge in [0, 0.05) is 20.0 Å². The van der Waals surface area contributed by atoms with Crippen molar-refractivity contribution in [3.05, 3.63) is 80.0 Å². The predicted octanol–water partition coefficient (Wildman–Crippen LogP) is 5.97. The number of hydrogen-bond donors (Lipinski definition) is 0. The molecule has 112 valence electrons. The summed E-state index contributed by atoms with van der Waals surface area (Å²) in [4.78, 5) is 12.3. The first kappa shape index (κ1) is 17.4. The van der Waals surface area contributed by atoms with Gasteiger partial charge in [-0.3, -0.25) is 4.79 Å². The highest BCUT2D eigenvalue weighted by Crippen LogP contribution is 2.26. The molecule has 2 aromatic rings. The standard InChI is InChI=1S/C19H16I2O/c1-13(16-7-3-5-9-18(16)20)11-15(22)12-14(2)17-8-4-6-10-19(17)21/h3-10H,1-2,11-12H2. The first-order valence-corrected chi connectivity index (χ1v) is 9.02. The SMILES string of the molecule is C=C(CC(=O)CC(=C)c1ccccc1I)c1ccccc1I. The lowest BCUT2D eigenvalue weighted by molar-refractivity contribution is -0.117. The Morgan fingerprint density at radius 3 is 1.50 bits per heavy atom. The first-order chi connectivity index (χ1) is 10.5. The van der Waals surface area contributed by atoms with Gasteiger partial charge in [-0.05, 0) is 79.6 Å². The summed E-state index contributed by atoms with van der Waals surface area (Å²) in [5.74, 6) is 0.148. The Bertz CT molecular complexity index is 670. The van der Waals surface area contributed by atoms with E-state index in [-0.39, 0.29) is 5.78 Å². The molecule has 0 spiro atoms. The van der Waals surface area contributed by atoms with Gasteiger partial charge in [0.25, 0.3) is 0 Å². The minimum Gasteiger partial charge on any atom is -0.299 e. The van der Waals surface area contributed by atoms with Crippen LogP contribution in [0.5, 0.6) is 0 Å². The van der Waals surface area contributed by atoms with Crippen molar-refractivity contribution in [2.24, 2.45) is 0 Å². The van der Waals surface area contributed by atoms with Crippen molar-refractivity contribution in [2.75, 3.05) is 0 Å². The normalized spacial score (nSPS) is 10.3. The summed E-state index contributed by atoms with van der Waals surface area (Å²) in [6, 6.07) is 16.0. The summed E-state index contributed by atoms with van der Waals surface area (Å²) in [7, 11) is 0. The average Bonchev–Trinajstić information content (AvgIpc) is 2.47. The van der Waals surface area contributed by atoms with E-state index in [2.05, 4.69) is 58.3 Å². The van der Waals surface area contributed by atoms with Crippen molar-refractivity contribution < 1.29 is 4.79 Å². The molecule has 0 aromatic heterocycles. The molecular weight excluding hydrogens is 498 g/mol. The Morgan fingerprint density at radius 2 is 1.14 bits per heavy atom. The summed E-state index contributed by atoms with van der Waals surface area (Å²) in [5.41, 5.74) is 3.84. The summed E-state index contributed by atoms with van der Waals surface area (Å²) < 4.78 is 2.24. The van der Waals surface area contributed by atoms with Crippen LogP contribution in [0.1, 0.15) is 24.0 Å². The first-order valence-electron chi connectivity index (χ1n) is 6.86. The lowest BCUT2D eigenvalue weighted by Gasteiger charge is -2.10. The molecule has 2 rings (SSSR count). The molecule has 0 saturated heterocycles. The third-order valence-corrected chi connectivity index (χ3v) is 5.21. The van der Waals surface area contributed by atoms with Gasteiger partial charge in [-0.25, -0.2) is 0 Å². The van der Waals surface area contributed by atoms with Gasteiger partial charge < -0.3 is 0 Å². The Morgan fingerprint density at radius 1 is 0.773 bits per heavy atom. The number of allylic oxidation sites excluding steroid dienone is 2. The molecule has 0 radical (unpaired) electrons. The maximum absolute atomic E-state index is 12.3. The molecule has 3 heteroatoms. The lowest BCUT2D eigenvalue weighted by atomic mass is 9.96. The van der Waals surface area contributed by atoms with Crippen LogP contribution in [0.25, 0.3) is 11.1 Å². The molecule has 0 atom stereocenters. The quantitative estimate of drug-likeness (QED) is 0.435.